The van der Waals surface area contributed by atoms with Crippen LogP contribution in [0.5, 0.6) is 0 Å². The van der Waals surface area contributed by atoms with Gasteiger partial charge in [-0.2, -0.15) is 0 Å². The highest BCUT2D eigenvalue weighted by atomic mass is 35.5. The molecular formula is C19H20Cl3N3O2. The normalized spacial score (nSPS) is 13.9. The van der Waals surface area contributed by atoms with Crippen molar-refractivity contribution in [3.8, 4) is 0 Å². The minimum atomic E-state index is -0.203. The van der Waals surface area contributed by atoms with Crippen molar-refractivity contribution in [1.29, 1.82) is 0 Å². The van der Waals surface area contributed by atoms with Gasteiger partial charge in [-0.15, -0.1) is 12.4 Å². The summed E-state index contributed by atoms with van der Waals surface area (Å²) in [5.74, 6) is -0.163. The van der Waals surface area contributed by atoms with Gasteiger partial charge in [-0.1, -0.05) is 41.4 Å². The van der Waals surface area contributed by atoms with E-state index in [1.807, 2.05) is 12.1 Å². The molecule has 0 aliphatic carbocycles. The lowest BCUT2D eigenvalue weighted by Crippen LogP contribution is -2.51. The zero-order valence-electron chi connectivity index (χ0n) is 14.5. The minimum absolute atomic E-state index is 0. The molecule has 8 heteroatoms. The number of rotatable bonds is 3. The number of nitrogen functional groups attached to an aromatic ring is 1. The number of piperazine rings is 1. The zero-order valence-corrected chi connectivity index (χ0v) is 16.9. The lowest BCUT2D eigenvalue weighted by molar-refractivity contribution is -0.131. The van der Waals surface area contributed by atoms with Gasteiger partial charge in [0.25, 0.3) is 5.91 Å². The summed E-state index contributed by atoms with van der Waals surface area (Å²) in [7, 11) is 0. The van der Waals surface area contributed by atoms with Crippen molar-refractivity contribution in [3.05, 3.63) is 63.6 Å². The monoisotopic (exact) mass is 427 g/mol. The maximum absolute atomic E-state index is 12.7. The van der Waals surface area contributed by atoms with Crippen LogP contribution in [0.3, 0.4) is 0 Å². The van der Waals surface area contributed by atoms with Gasteiger partial charge in [0.15, 0.2) is 0 Å². The highest BCUT2D eigenvalue weighted by Gasteiger charge is 2.27. The highest BCUT2D eigenvalue weighted by Crippen LogP contribution is 2.26. The summed E-state index contributed by atoms with van der Waals surface area (Å²) < 4.78 is 0. The van der Waals surface area contributed by atoms with Gasteiger partial charge < -0.3 is 15.5 Å². The second-order valence-electron chi connectivity index (χ2n) is 6.19. The number of benzene rings is 2. The predicted octanol–water partition coefficient (Wildman–Crippen LogP) is 3.52. The average molecular weight is 429 g/mol. The first kappa shape index (κ1) is 21.4. The molecule has 2 amide bonds. The molecule has 0 spiro atoms. The first-order valence-corrected chi connectivity index (χ1v) is 9.07. The van der Waals surface area contributed by atoms with Gasteiger partial charge >= 0.3 is 0 Å². The fraction of sp³-hybridized carbons (Fsp3) is 0.263. The molecule has 1 heterocycles. The van der Waals surface area contributed by atoms with Gasteiger partial charge in [-0.3, -0.25) is 9.59 Å². The number of nitrogens with two attached hydrogens (primary N) is 1. The molecule has 0 bridgehead atoms. The third kappa shape index (κ3) is 5.06. The van der Waals surface area contributed by atoms with E-state index in [4.69, 9.17) is 28.9 Å². The van der Waals surface area contributed by atoms with E-state index in [9.17, 15) is 9.59 Å². The molecule has 2 aromatic rings. The second-order valence-corrected chi connectivity index (χ2v) is 7.00. The molecular weight excluding hydrogens is 409 g/mol. The van der Waals surface area contributed by atoms with Crippen molar-refractivity contribution in [2.75, 3.05) is 31.9 Å². The van der Waals surface area contributed by atoms with E-state index in [2.05, 4.69) is 0 Å². The number of hydrogen-bond donors (Lipinski definition) is 1. The van der Waals surface area contributed by atoms with Crippen LogP contribution in [0.2, 0.25) is 10.0 Å². The Labute approximate surface area is 174 Å². The first-order chi connectivity index (χ1) is 12.5. The van der Waals surface area contributed by atoms with E-state index in [0.717, 1.165) is 5.56 Å². The van der Waals surface area contributed by atoms with E-state index >= 15 is 0 Å². The Kier molecular flexibility index (Phi) is 7.36. The third-order valence-electron chi connectivity index (χ3n) is 4.43. The number of amides is 2. The van der Waals surface area contributed by atoms with E-state index in [1.165, 1.54) is 0 Å². The zero-order chi connectivity index (χ0) is 18.7. The van der Waals surface area contributed by atoms with Crippen molar-refractivity contribution in [2.24, 2.45) is 0 Å². The van der Waals surface area contributed by atoms with Crippen LogP contribution in [0.15, 0.2) is 42.5 Å². The van der Waals surface area contributed by atoms with Crippen LogP contribution < -0.4 is 5.73 Å². The van der Waals surface area contributed by atoms with Crippen LogP contribution >= 0.6 is 35.6 Å². The molecule has 2 N–H and O–H groups in total. The van der Waals surface area contributed by atoms with Crippen LogP contribution in [0.25, 0.3) is 0 Å². The van der Waals surface area contributed by atoms with Crippen LogP contribution in [0.4, 0.5) is 5.69 Å². The lowest BCUT2D eigenvalue weighted by atomic mass is 10.1. The molecule has 0 saturated carbocycles. The summed E-state index contributed by atoms with van der Waals surface area (Å²) in [6.07, 6.45) is 0.324. The molecule has 27 heavy (non-hydrogen) atoms. The van der Waals surface area contributed by atoms with Gasteiger partial charge in [0.2, 0.25) is 5.91 Å². The Balaban J connectivity index is 0.00000261. The Morgan fingerprint density at radius 3 is 1.96 bits per heavy atom. The molecule has 144 valence electrons. The molecule has 5 nitrogen and oxygen atoms in total. The van der Waals surface area contributed by atoms with Crippen molar-refractivity contribution in [2.45, 2.75) is 6.42 Å². The number of hydrogen-bond acceptors (Lipinski definition) is 3. The number of carbonyl (C=O) groups is 2. The standard InChI is InChI=1S/C19H19Cl2N3O2.ClH/c20-15-2-1-3-16(21)18(15)19(26)24-10-8-23(9-11-24)17(25)12-13-4-6-14(22)7-5-13;/h1-7H,8-12,22H2;1H. The SMILES string of the molecule is Cl.Nc1ccc(CC(=O)N2CCN(C(=O)c3c(Cl)cccc3Cl)CC2)cc1. The van der Waals surface area contributed by atoms with Gasteiger partial charge in [-0.25, -0.2) is 0 Å². The van der Waals surface area contributed by atoms with Crippen molar-refractivity contribution in [3.63, 3.8) is 0 Å². The first-order valence-electron chi connectivity index (χ1n) is 8.31. The summed E-state index contributed by atoms with van der Waals surface area (Å²) in [4.78, 5) is 28.6. The Hall–Kier alpha value is -1.95. The molecule has 0 unspecified atom stereocenters. The van der Waals surface area contributed by atoms with Gasteiger partial charge in [-0.05, 0) is 29.8 Å². The van der Waals surface area contributed by atoms with E-state index in [0.29, 0.717) is 53.9 Å². The van der Waals surface area contributed by atoms with Crippen molar-refractivity contribution in [1.82, 2.24) is 9.80 Å². The Morgan fingerprint density at radius 2 is 1.41 bits per heavy atom. The summed E-state index contributed by atoms with van der Waals surface area (Å²) >= 11 is 12.2. The molecule has 1 aliphatic rings. The van der Waals surface area contributed by atoms with Crippen LogP contribution in [0.1, 0.15) is 15.9 Å². The summed E-state index contributed by atoms with van der Waals surface area (Å²) in [6.45, 7) is 1.88. The number of anilines is 1. The fourth-order valence-electron chi connectivity index (χ4n) is 2.94. The van der Waals surface area contributed by atoms with Gasteiger partial charge in [0.05, 0.1) is 22.0 Å². The van der Waals surface area contributed by atoms with Gasteiger partial charge in [0, 0.05) is 31.9 Å². The summed E-state index contributed by atoms with van der Waals surface area (Å²) in [5.41, 5.74) is 7.57. The molecule has 0 aromatic heterocycles. The fourth-order valence-corrected chi connectivity index (χ4v) is 3.50. The molecule has 2 aromatic carbocycles. The summed E-state index contributed by atoms with van der Waals surface area (Å²) in [6, 6.07) is 12.3. The van der Waals surface area contributed by atoms with Crippen molar-refractivity contribution >= 4 is 53.1 Å². The predicted molar refractivity (Wildman–Crippen MR) is 111 cm³/mol. The third-order valence-corrected chi connectivity index (χ3v) is 5.06. The van der Waals surface area contributed by atoms with E-state index in [1.54, 1.807) is 40.1 Å². The quantitative estimate of drug-likeness (QED) is 0.761. The average Bonchev–Trinajstić information content (AvgIpc) is 2.63. The maximum atomic E-state index is 12.7. The van der Waals surface area contributed by atoms with Crippen LogP contribution in [-0.2, 0) is 11.2 Å². The smallest absolute Gasteiger partial charge is 0.257 e. The highest BCUT2D eigenvalue weighted by molar-refractivity contribution is 6.39. The van der Waals surface area contributed by atoms with Crippen LogP contribution in [-0.4, -0.2) is 47.8 Å². The maximum Gasteiger partial charge on any atom is 0.257 e. The Morgan fingerprint density at radius 1 is 0.889 bits per heavy atom. The lowest BCUT2D eigenvalue weighted by Gasteiger charge is -2.35. The number of halogens is 3. The molecule has 1 saturated heterocycles. The largest absolute Gasteiger partial charge is 0.399 e. The van der Waals surface area contributed by atoms with Gasteiger partial charge in [0.1, 0.15) is 0 Å². The molecule has 3 rings (SSSR count). The molecule has 0 atom stereocenters. The second kappa shape index (κ2) is 9.31. The van der Waals surface area contributed by atoms with E-state index < -0.39 is 0 Å². The van der Waals surface area contributed by atoms with E-state index in [-0.39, 0.29) is 24.2 Å². The molecule has 0 radical (unpaired) electrons. The number of carbonyl (C=O) groups excluding carboxylic acids is 2. The minimum Gasteiger partial charge on any atom is -0.399 e. The summed E-state index contributed by atoms with van der Waals surface area (Å²) in [5, 5.41) is 0.675. The Bertz CT molecular complexity index is 799. The van der Waals surface area contributed by atoms with Crippen molar-refractivity contribution < 1.29 is 9.59 Å². The topological polar surface area (TPSA) is 66.6 Å². The molecule has 1 aliphatic heterocycles. The van der Waals surface area contributed by atoms with Crippen LogP contribution in [0, 0.1) is 0 Å². The number of nitrogens with zero attached hydrogens (tertiary/aromatic N) is 2. The molecule has 1 fully saturated rings.